The Labute approximate surface area is 75.1 Å². The van der Waals surface area contributed by atoms with Gasteiger partial charge in [-0.05, 0) is 6.92 Å². The molecule has 0 aliphatic heterocycles. The van der Waals surface area contributed by atoms with Crippen molar-refractivity contribution in [1.29, 1.82) is 0 Å². The molecule has 4 atom stereocenters. The number of hydrogen-bond donors (Lipinski definition) is 5. The summed E-state index contributed by atoms with van der Waals surface area (Å²) in [5.41, 5.74) is 0. The van der Waals surface area contributed by atoms with E-state index in [2.05, 4.69) is 0 Å². The second kappa shape index (κ2) is 5.25. The SMILES string of the molecule is CC(O)[C@H](O)C(=O)[C@@H](O)[C@H](O)CO. The molecule has 0 aliphatic carbocycles. The van der Waals surface area contributed by atoms with E-state index in [0.29, 0.717) is 0 Å². The normalized spacial score (nSPS) is 20.5. The summed E-state index contributed by atoms with van der Waals surface area (Å²) in [6.45, 7) is 0.375. The van der Waals surface area contributed by atoms with Crippen LogP contribution in [0.4, 0.5) is 0 Å². The van der Waals surface area contributed by atoms with Gasteiger partial charge in [0.15, 0.2) is 5.78 Å². The minimum absolute atomic E-state index is 0.792. The third-order valence-corrected chi connectivity index (χ3v) is 1.59. The van der Waals surface area contributed by atoms with Crippen molar-refractivity contribution < 1.29 is 30.3 Å². The predicted octanol–water partition coefficient (Wildman–Crippen LogP) is -2.99. The lowest BCUT2D eigenvalue weighted by Crippen LogP contribution is -2.45. The molecular weight excluding hydrogens is 180 g/mol. The Hall–Kier alpha value is -0.530. The Morgan fingerprint density at radius 3 is 1.92 bits per heavy atom. The highest BCUT2D eigenvalue weighted by atomic mass is 16.4. The van der Waals surface area contributed by atoms with E-state index >= 15 is 0 Å². The molecule has 0 aromatic heterocycles. The maximum absolute atomic E-state index is 11.0. The molecule has 0 amide bonds. The van der Waals surface area contributed by atoms with Crippen LogP contribution < -0.4 is 0 Å². The molecule has 0 aliphatic rings. The molecule has 0 spiro atoms. The Morgan fingerprint density at radius 2 is 1.62 bits per heavy atom. The number of aliphatic hydroxyl groups is 5. The monoisotopic (exact) mass is 194 g/mol. The molecule has 6 heteroatoms. The Morgan fingerprint density at radius 1 is 1.15 bits per heavy atom. The van der Waals surface area contributed by atoms with E-state index < -0.39 is 36.8 Å². The summed E-state index contributed by atoms with van der Waals surface area (Å²) in [7, 11) is 0. The summed E-state index contributed by atoms with van der Waals surface area (Å²) in [5.74, 6) is -1.11. The van der Waals surface area contributed by atoms with Crippen LogP contribution in [0.25, 0.3) is 0 Å². The number of aliphatic hydroxyl groups excluding tert-OH is 5. The fourth-order valence-electron chi connectivity index (χ4n) is 0.702. The van der Waals surface area contributed by atoms with Crippen LogP contribution in [-0.2, 0) is 4.79 Å². The largest absolute Gasteiger partial charge is 0.394 e. The molecule has 0 radical (unpaired) electrons. The fourth-order valence-corrected chi connectivity index (χ4v) is 0.702. The van der Waals surface area contributed by atoms with E-state index in [9.17, 15) is 4.79 Å². The zero-order valence-electron chi connectivity index (χ0n) is 7.16. The van der Waals surface area contributed by atoms with Crippen molar-refractivity contribution in [3.05, 3.63) is 0 Å². The average Bonchev–Trinajstić information content (AvgIpc) is 2.12. The van der Waals surface area contributed by atoms with Crippen LogP contribution in [0.5, 0.6) is 0 Å². The summed E-state index contributed by atoms with van der Waals surface area (Å²) < 4.78 is 0. The number of ketones is 1. The van der Waals surface area contributed by atoms with Gasteiger partial charge in [-0.2, -0.15) is 0 Å². The second-order valence-electron chi connectivity index (χ2n) is 2.78. The van der Waals surface area contributed by atoms with Crippen molar-refractivity contribution in [2.24, 2.45) is 0 Å². The van der Waals surface area contributed by atoms with Crippen molar-refractivity contribution in [2.75, 3.05) is 6.61 Å². The van der Waals surface area contributed by atoms with Crippen LogP contribution in [-0.4, -0.2) is 62.3 Å². The molecule has 13 heavy (non-hydrogen) atoms. The number of Topliss-reactive ketones (excluding diaryl/α,β-unsaturated/α-hetero) is 1. The van der Waals surface area contributed by atoms with Gasteiger partial charge < -0.3 is 25.5 Å². The van der Waals surface area contributed by atoms with Crippen LogP contribution >= 0.6 is 0 Å². The van der Waals surface area contributed by atoms with Crippen molar-refractivity contribution >= 4 is 5.78 Å². The summed E-state index contributed by atoms with van der Waals surface area (Å²) in [5, 5.41) is 43.9. The first kappa shape index (κ1) is 12.5. The third kappa shape index (κ3) is 3.37. The molecule has 0 rings (SSSR count). The first-order valence-corrected chi connectivity index (χ1v) is 3.78. The maximum atomic E-state index is 11.0. The lowest BCUT2D eigenvalue weighted by atomic mass is 10.0. The maximum Gasteiger partial charge on any atom is 0.194 e. The van der Waals surface area contributed by atoms with Crippen molar-refractivity contribution in [3.63, 3.8) is 0 Å². The topological polar surface area (TPSA) is 118 Å². The minimum Gasteiger partial charge on any atom is -0.394 e. The van der Waals surface area contributed by atoms with E-state index in [4.69, 9.17) is 25.5 Å². The van der Waals surface area contributed by atoms with Gasteiger partial charge in [-0.15, -0.1) is 0 Å². The van der Waals surface area contributed by atoms with Gasteiger partial charge in [0.1, 0.15) is 18.3 Å². The lowest BCUT2D eigenvalue weighted by Gasteiger charge is -2.19. The Bertz CT molecular complexity index is 168. The van der Waals surface area contributed by atoms with Crippen molar-refractivity contribution in [2.45, 2.75) is 31.3 Å². The van der Waals surface area contributed by atoms with Gasteiger partial charge in [-0.1, -0.05) is 0 Å². The highest BCUT2D eigenvalue weighted by Gasteiger charge is 2.31. The Kier molecular flexibility index (Phi) is 5.04. The first-order chi connectivity index (χ1) is 5.91. The molecule has 0 fully saturated rings. The molecule has 0 bridgehead atoms. The number of carbonyl (C=O) groups excluding carboxylic acids is 1. The standard InChI is InChI=1S/C7H14O6/c1-3(9)5(11)7(13)6(12)4(10)2-8/h3-6,8-12H,2H2,1H3/t3?,4-,5+,6+/m1/s1. The predicted molar refractivity (Wildman–Crippen MR) is 41.8 cm³/mol. The molecule has 0 saturated carbocycles. The molecular formula is C7H14O6. The van der Waals surface area contributed by atoms with Gasteiger partial charge in [0.05, 0.1) is 12.7 Å². The second-order valence-corrected chi connectivity index (χ2v) is 2.78. The van der Waals surface area contributed by atoms with Gasteiger partial charge in [-0.25, -0.2) is 0 Å². The summed E-state index contributed by atoms with van der Waals surface area (Å²) in [6.07, 6.45) is -6.60. The molecule has 1 unspecified atom stereocenters. The smallest absolute Gasteiger partial charge is 0.194 e. The van der Waals surface area contributed by atoms with Crippen LogP contribution in [0.2, 0.25) is 0 Å². The van der Waals surface area contributed by atoms with E-state index in [1.54, 1.807) is 0 Å². The van der Waals surface area contributed by atoms with Crippen molar-refractivity contribution in [3.8, 4) is 0 Å². The summed E-state index contributed by atoms with van der Waals surface area (Å²) in [4.78, 5) is 11.0. The molecule has 0 saturated heterocycles. The van der Waals surface area contributed by atoms with Gasteiger partial charge in [0.2, 0.25) is 0 Å². The number of rotatable bonds is 5. The van der Waals surface area contributed by atoms with Gasteiger partial charge >= 0.3 is 0 Å². The fraction of sp³-hybridized carbons (Fsp3) is 0.857. The van der Waals surface area contributed by atoms with Crippen LogP contribution in [0.3, 0.4) is 0 Å². The third-order valence-electron chi connectivity index (χ3n) is 1.59. The number of hydrogen-bond acceptors (Lipinski definition) is 6. The molecule has 78 valence electrons. The van der Waals surface area contributed by atoms with E-state index in [-0.39, 0.29) is 0 Å². The van der Waals surface area contributed by atoms with Crippen LogP contribution in [0.15, 0.2) is 0 Å². The molecule has 0 aromatic rings. The zero-order valence-corrected chi connectivity index (χ0v) is 7.16. The molecule has 6 nitrogen and oxygen atoms in total. The Balaban J connectivity index is 4.25. The minimum atomic E-state index is -1.88. The van der Waals surface area contributed by atoms with Gasteiger partial charge in [-0.3, -0.25) is 4.79 Å². The van der Waals surface area contributed by atoms with E-state index in [1.165, 1.54) is 6.92 Å². The lowest BCUT2D eigenvalue weighted by molar-refractivity contribution is -0.148. The van der Waals surface area contributed by atoms with Gasteiger partial charge in [0.25, 0.3) is 0 Å². The van der Waals surface area contributed by atoms with E-state index in [0.717, 1.165) is 0 Å². The molecule has 0 heterocycles. The summed E-state index contributed by atoms with van der Waals surface area (Å²) >= 11 is 0. The average molecular weight is 194 g/mol. The van der Waals surface area contributed by atoms with Crippen LogP contribution in [0, 0.1) is 0 Å². The van der Waals surface area contributed by atoms with E-state index in [1.807, 2.05) is 0 Å². The zero-order chi connectivity index (χ0) is 10.6. The highest BCUT2D eigenvalue weighted by Crippen LogP contribution is 2.02. The quantitative estimate of drug-likeness (QED) is 0.318. The van der Waals surface area contributed by atoms with Gasteiger partial charge in [0, 0.05) is 0 Å². The molecule has 5 N–H and O–H groups in total. The van der Waals surface area contributed by atoms with Crippen LogP contribution in [0.1, 0.15) is 6.92 Å². The highest BCUT2D eigenvalue weighted by molar-refractivity contribution is 5.87. The molecule has 0 aromatic carbocycles. The first-order valence-electron chi connectivity index (χ1n) is 3.78. The summed E-state index contributed by atoms with van der Waals surface area (Å²) in [6, 6.07) is 0. The number of carbonyl (C=O) groups is 1. The van der Waals surface area contributed by atoms with Crippen molar-refractivity contribution in [1.82, 2.24) is 0 Å².